The Morgan fingerprint density at radius 3 is 2.53 bits per heavy atom. The summed E-state index contributed by atoms with van der Waals surface area (Å²) in [4.78, 5) is 21.4. The number of rotatable bonds is 4. The van der Waals surface area contributed by atoms with E-state index in [1.54, 1.807) is 6.07 Å². The van der Waals surface area contributed by atoms with E-state index in [0.717, 1.165) is 5.56 Å². The quantitative estimate of drug-likeness (QED) is 0.762. The maximum atomic E-state index is 10.8. The zero-order valence-corrected chi connectivity index (χ0v) is 9.73. The molecule has 0 aliphatic heterocycles. The molecular formula is C11H10Cl2O2. The summed E-state index contributed by atoms with van der Waals surface area (Å²) in [6.45, 7) is 1.52. The van der Waals surface area contributed by atoms with Crippen LogP contribution in [-0.4, -0.2) is 12.1 Å². The number of hydrogen-bond acceptors (Lipinski definition) is 2. The van der Waals surface area contributed by atoms with Gasteiger partial charge in [-0.25, -0.2) is 0 Å². The van der Waals surface area contributed by atoms with Crippen LogP contribution in [-0.2, 0) is 11.2 Å². The molecule has 0 aliphatic carbocycles. The highest BCUT2D eigenvalue weighted by molar-refractivity contribution is 6.35. The SMILES string of the molecule is CC(=O)CCc1cc(Cl)c(C=O)cc1Cl. The van der Waals surface area contributed by atoms with Gasteiger partial charge in [0.15, 0.2) is 6.29 Å². The Hall–Kier alpha value is -0.860. The summed E-state index contributed by atoms with van der Waals surface area (Å²) < 4.78 is 0. The zero-order valence-electron chi connectivity index (χ0n) is 8.22. The van der Waals surface area contributed by atoms with Crippen LogP contribution in [0.5, 0.6) is 0 Å². The summed E-state index contributed by atoms with van der Waals surface area (Å²) in [5, 5.41) is 0.843. The molecule has 1 rings (SSSR count). The fourth-order valence-electron chi connectivity index (χ4n) is 1.20. The average molecular weight is 245 g/mol. The number of halogens is 2. The molecule has 15 heavy (non-hydrogen) atoms. The van der Waals surface area contributed by atoms with E-state index in [-0.39, 0.29) is 5.78 Å². The van der Waals surface area contributed by atoms with Gasteiger partial charge in [-0.2, -0.15) is 0 Å². The van der Waals surface area contributed by atoms with Gasteiger partial charge in [0.2, 0.25) is 0 Å². The van der Waals surface area contributed by atoms with Crippen molar-refractivity contribution >= 4 is 35.3 Å². The van der Waals surface area contributed by atoms with Crippen LogP contribution in [0.15, 0.2) is 12.1 Å². The Morgan fingerprint density at radius 1 is 1.33 bits per heavy atom. The van der Waals surface area contributed by atoms with Crippen molar-refractivity contribution in [1.29, 1.82) is 0 Å². The van der Waals surface area contributed by atoms with E-state index in [0.29, 0.717) is 34.7 Å². The summed E-state index contributed by atoms with van der Waals surface area (Å²) in [7, 11) is 0. The summed E-state index contributed by atoms with van der Waals surface area (Å²) in [6, 6.07) is 3.16. The summed E-state index contributed by atoms with van der Waals surface area (Å²) in [5.41, 5.74) is 1.16. The Balaban J connectivity index is 2.94. The molecule has 0 fully saturated rings. The van der Waals surface area contributed by atoms with Gasteiger partial charge in [0, 0.05) is 17.0 Å². The van der Waals surface area contributed by atoms with Crippen LogP contribution < -0.4 is 0 Å². The first kappa shape index (κ1) is 12.2. The summed E-state index contributed by atoms with van der Waals surface area (Å²) in [6.07, 6.45) is 1.63. The molecule has 1 aromatic rings. The highest BCUT2D eigenvalue weighted by Gasteiger charge is 2.07. The maximum Gasteiger partial charge on any atom is 0.151 e. The van der Waals surface area contributed by atoms with E-state index in [1.807, 2.05) is 0 Å². The van der Waals surface area contributed by atoms with Gasteiger partial charge >= 0.3 is 0 Å². The van der Waals surface area contributed by atoms with Gasteiger partial charge in [-0.05, 0) is 31.0 Å². The Labute approximate surface area is 98.2 Å². The fraction of sp³-hybridized carbons (Fsp3) is 0.273. The molecule has 0 aliphatic rings. The maximum absolute atomic E-state index is 10.8. The van der Waals surface area contributed by atoms with Crippen molar-refractivity contribution in [2.45, 2.75) is 19.8 Å². The van der Waals surface area contributed by atoms with Gasteiger partial charge in [-0.3, -0.25) is 4.79 Å². The number of hydrogen-bond donors (Lipinski definition) is 0. The highest BCUT2D eigenvalue weighted by Crippen LogP contribution is 2.25. The molecule has 4 heteroatoms. The van der Waals surface area contributed by atoms with E-state index in [4.69, 9.17) is 23.2 Å². The predicted molar refractivity (Wildman–Crippen MR) is 60.9 cm³/mol. The monoisotopic (exact) mass is 244 g/mol. The van der Waals surface area contributed by atoms with E-state index < -0.39 is 0 Å². The molecule has 0 saturated heterocycles. The molecule has 0 atom stereocenters. The van der Waals surface area contributed by atoms with Gasteiger partial charge < -0.3 is 4.79 Å². The molecule has 1 aromatic carbocycles. The molecular weight excluding hydrogens is 235 g/mol. The number of carbonyl (C=O) groups is 2. The second-order valence-corrected chi connectivity index (χ2v) is 4.10. The van der Waals surface area contributed by atoms with Crippen molar-refractivity contribution < 1.29 is 9.59 Å². The Bertz CT molecular complexity index is 400. The first-order chi connectivity index (χ1) is 7.04. The Morgan fingerprint density at radius 2 is 2.00 bits per heavy atom. The van der Waals surface area contributed by atoms with Crippen LogP contribution in [0, 0.1) is 0 Å². The molecule has 0 amide bonds. The lowest BCUT2D eigenvalue weighted by Gasteiger charge is -2.05. The van der Waals surface area contributed by atoms with Crippen LogP contribution in [0.2, 0.25) is 10.0 Å². The third-order valence-corrected chi connectivity index (χ3v) is 2.72. The van der Waals surface area contributed by atoms with Crippen molar-refractivity contribution in [2.75, 3.05) is 0 Å². The van der Waals surface area contributed by atoms with Crippen molar-refractivity contribution in [3.05, 3.63) is 33.3 Å². The van der Waals surface area contributed by atoms with Crippen LogP contribution in [0.25, 0.3) is 0 Å². The topological polar surface area (TPSA) is 34.1 Å². The molecule has 0 N–H and O–H groups in total. The highest BCUT2D eigenvalue weighted by atomic mass is 35.5. The summed E-state index contributed by atoms with van der Waals surface area (Å²) in [5.74, 6) is 0.0988. The van der Waals surface area contributed by atoms with Crippen LogP contribution in [0.3, 0.4) is 0 Å². The number of Topliss-reactive ketones (excluding diaryl/α,β-unsaturated/α-hetero) is 1. The van der Waals surface area contributed by atoms with E-state index >= 15 is 0 Å². The number of carbonyl (C=O) groups excluding carboxylic acids is 2. The zero-order chi connectivity index (χ0) is 11.4. The van der Waals surface area contributed by atoms with Gasteiger partial charge in [0.1, 0.15) is 5.78 Å². The van der Waals surface area contributed by atoms with Crippen molar-refractivity contribution in [1.82, 2.24) is 0 Å². The van der Waals surface area contributed by atoms with Crippen LogP contribution in [0.4, 0.5) is 0 Å². The predicted octanol–water partition coefficient (Wildman–Crippen LogP) is 3.33. The van der Waals surface area contributed by atoms with Gasteiger partial charge in [0.05, 0.1) is 5.02 Å². The minimum Gasteiger partial charge on any atom is -0.300 e. The van der Waals surface area contributed by atoms with Crippen LogP contribution in [0.1, 0.15) is 29.3 Å². The first-order valence-electron chi connectivity index (χ1n) is 4.47. The second kappa shape index (κ2) is 5.29. The molecule has 0 radical (unpaired) electrons. The number of benzene rings is 1. The lowest BCUT2D eigenvalue weighted by molar-refractivity contribution is -0.116. The van der Waals surface area contributed by atoms with Crippen LogP contribution >= 0.6 is 23.2 Å². The minimum atomic E-state index is 0.0988. The number of aryl methyl sites for hydroxylation is 1. The molecule has 0 saturated carbocycles. The normalized spacial score (nSPS) is 10.1. The largest absolute Gasteiger partial charge is 0.300 e. The molecule has 80 valence electrons. The molecule has 0 aromatic heterocycles. The standard InChI is InChI=1S/C11H10Cl2O2/c1-7(15)2-3-8-4-11(13)9(6-14)5-10(8)12/h4-6H,2-3H2,1H3. The Kier molecular flexibility index (Phi) is 4.30. The van der Waals surface area contributed by atoms with Crippen molar-refractivity contribution in [2.24, 2.45) is 0 Å². The third kappa shape index (κ3) is 3.33. The molecule has 0 spiro atoms. The smallest absolute Gasteiger partial charge is 0.151 e. The molecule has 0 bridgehead atoms. The van der Waals surface area contributed by atoms with E-state index in [9.17, 15) is 9.59 Å². The van der Waals surface area contributed by atoms with Gasteiger partial charge in [-0.1, -0.05) is 23.2 Å². The lowest BCUT2D eigenvalue weighted by atomic mass is 10.1. The summed E-state index contributed by atoms with van der Waals surface area (Å²) >= 11 is 11.8. The fourth-order valence-corrected chi connectivity index (χ4v) is 1.69. The van der Waals surface area contributed by atoms with E-state index in [2.05, 4.69) is 0 Å². The molecule has 0 unspecified atom stereocenters. The lowest BCUT2D eigenvalue weighted by Crippen LogP contribution is -1.96. The molecule has 0 heterocycles. The van der Waals surface area contributed by atoms with Crippen molar-refractivity contribution in [3.63, 3.8) is 0 Å². The second-order valence-electron chi connectivity index (χ2n) is 3.28. The van der Waals surface area contributed by atoms with Gasteiger partial charge in [0.25, 0.3) is 0 Å². The minimum absolute atomic E-state index is 0.0988. The third-order valence-electron chi connectivity index (χ3n) is 2.04. The number of ketones is 1. The first-order valence-corrected chi connectivity index (χ1v) is 5.22. The molecule has 2 nitrogen and oxygen atoms in total. The average Bonchev–Trinajstić information content (AvgIpc) is 2.18. The van der Waals surface area contributed by atoms with Gasteiger partial charge in [-0.15, -0.1) is 0 Å². The number of aldehydes is 1. The van der Waals surface area contributed by atoms with Crippen molar-refractivity contribution in [3.8, 4) is 0 Å². The van der Waals surface area contributed by atoms with E-state index in [1.165, 1.54) is 13.0 Å².